The molecule has 4 aromatic rings. The van der Waals surface area contributed by atoms with Crippen LogP contribution in [0.15, 0.2) is 36.9 Å². The van der Waals surface area contributed by atoms with Gasteiger partial charge in [0.1, 0.15) is 17.6 Å². The number of piperidine rings is 1. The molecule has 9 nitrogen and oxygen atoms in total. The minimum Gasteiger partial charge on any atom is -0.474 e. The number of nitrogens with zero attached hydrogens (tertiary/aromatic N) is 7. The molecular formula is C33H35ClFN7O2. The summed E-state index contributed by atoms with van der Waals surface area (Å²) in [5.74, 6) is -0.420. The van der Waals surface area contributed by atoms with Crippen molar-refractivity contribution in [3.63, 3.8) is 0 Å². The lowest BCUT2D eigenvalue weighted by molar-refractivity contribution is -0.130. The van der Waals surface area contributed by atoms with Gasteiger partial charge in [0.05, 0.1) is 18.5 Å². The number of halogens is 2. The van der Waals surface area contributed by atoms with Gasteiger partial charge in [-0.2, -0.15) is 5.26 Å². The predicted molar refractivity (Wildman–Crippen MR) is 168 cm³/mol. The van der Waals surface area contributed by atoms with Gasteiger partial charge in [0.2, 0.25) is 11.8 Å². The minimum atomic E-state index is -0.461. The summed E-state index contributed by atoms with van der Waals surface area (Å²) < 4.78 is 24.9. The lowest BCUT2D eigenvalue weighted by atomic mass is 9.93. The maximum atomic E-state index is 16.8. The maximum Gasteiger partial charge on any atom is 0.246 e. The van der Waals surface area contributed by atoms with Gasteiger partial charge in [-0.15, -0.1) is 5.10 Å². The summed E-state index contributed by atoms with van der Waals surface area (Å²) in [6.07, 6.45) is 4.66. The number of nitriles is 1. The normalized spacial score (nSPS) is 20.7. The molecule has 0 aliphatic carbocycles. The Bertz CT molecular complexity index is 1820. The van der Waals surface area contributed by atoms with Crippen LogP contribution < -0.4 is 4.74 Å². The Kier molecular flexibility index (Phi) is 8.27. The van der Waals surface area contributed by atoms with E-state index < -0.39 is 5.82 Å². The molecule has 6 rings (SSSR count). The Balaban J connectivity index is 1.52. The predicted octanol–water partition coefficient (Wildman–Crippen LogP) is 6.16. The summed E-state index contributed by atoms with van der Waals surface area (Å²) >= 11 is 6.44. The molecule has 0 saturated carbocycles. The first-order valence-corrected chi connectivity index (χ1v) is 15.4. The fourth-order valence-electron chi connectivity index (χ4n) is 6.79. The highest BCUT2D eigenvalue weighted by Gasteiger charge is 2.34. The molecule has 11 heteroatoms. The third-order valence-corrected chi connectivity index (χ3v) is 9.65. The maximum absolute atomic E-state index is 16.8. The molecule has 2 aromatic heterocycles. The summed E-state index contributed by atoms with van der Waals surface area (Å²) in [6, 6.07) is 9.36. The summed E-state index contributed by atoms with van der Waals surface area (Å²) in [7, 11) is 2.07. The average Bonchev–Trinajstić information content (AvgIpc) is 3.65. The van der Waals surface area contributed by atoms with Crippen LogP contribution in [-0.4, -0.2) is 74.5 Å². The molecule has 2 saturated heterocycles. The number of rotatable bonds is 7. The number of pyridine rings is 1. The highest BCUT2D eigenvalue weighted by Crippen LogP contribution is 2.41. The van der Waals surface area contributed by atoms with Crippen LogP contribution in [0.5, 0.6) is 5.88 Å². The van der Waals surface area contributed by atoms with Gasteiger partial charge in [-0.25, -0.2) is 14.1 Å². The topological polar surface area (TPSA) is 100 Å². The molecule has 2 fully saturated rings. The lowest BCUT2D eigenvalue weighted by Gasteiger charge is -2.38. The number of aromatic nitrogens is 4. The van der Waals surface area contributed by atoms with E-state index in [0.29, 0.717) is 58.6 Å². The van der Waals surface area contributed by atoms with Crippen molar-refractivity contribution in [2.45, 2.75) is 64.1 Å². The van der Waals surface area contributed by atoms with Crippen LogP contribution in [0.25, 0.3) is 33.1 Å². The van der Waals surface area contributed by atoms with Gasteiger partial charge < -0.3 is 14.5 Å². The monoisotopic (exact) mass is 615 g/mol. The first-order chi connectivity index (χ1) is 21.2. The van der Waals surface area contributed by atoms with Crippen LogP contribution in [0.2, 0.25) is 5.02 Å². The summed E-state index contributed by atoms with van der Waals surface area (Å²) in [5.41, 5.74) is 3.92. The average molecular weight is 616 g/mol. The third kappa shape index (κ3) is 5.18. The summed E-state index contributed by atoms with van der Waals surface area (Å²) in [6.45, 7) is 9.21. The zero-order chi connectivity index (χ0) is 31.1. The first-order valence-electron chi connectivity index (χ1n) is 15.0. The molecule has 44 heavy (non-hydrogen) atoms. The number of amides is 1. The SMILES string of the molecule is C=CC(=O)N1CC[C@H](n2nnc3c(OC[C@@H]4CCCN4C)nc4c(F)c(-c5cccc(Cl)c5C)c(C)cc4c32)C[C@H]1CC#N. The van der Waals surface area contributed by atoms with Gasteiger partial charge in [0, 0.05) is 34.6 Å². The standard InChI is InChI=1S/C33H35ClFN7O2/c1-5-27(43)41-15-12-22(17-21(41)11-13-36)42-32-25-16-19(2)28(24-9-6-10-26(34)20(24)3)29(35)30(25)37-33(31(32)38-39-42)44-18-23-8-7-14-40(23)4/h5-6,9-10,16,21-23H,1,7-8,11-12,14-15,17-18H2,2-4H3/t21-,22+,23+/m1/s1. The number of hydrogen-bond acceptors (Lipinski definition) is 7. The van der Waals surface area contributed by atoms with Gasteiger partial charge >= 0.3 is 0 Å². The molecule has 0 unspecified atom stereocenters. The highest BCUT2D eigenvalue weighted by atomic mass is 35.5. The Labute approximate surface area is 260 Å². The van der Waals surface area contributed by atoms with E-state index in [-0.39, 0.29) is 41.9 Å². The number of benzene rings is 2. The molecular weight excluding hydrogens is 581 g/mol. The lowest BCUT2D eigenvalue weighted by Crippen LogP contribution is -2.45. The number of aryl methyl sites for hydroxylation is 1. The smallest absolute Gasteiger partial charge is 0.246 e. The molecule has 0 spiro atoms. The molecule has 0 radical (unpaired) electrons. The van der Waals surface area contributed by atoms with Gasteiger partial charge in [0.25, 0.3) is 0 Å². The Hall–Kier alpha value is -4.07. The van der Waals surface area contributed by atoms with E-state index in [1.807, 2.05) is 36.7 Å². The Morgan fingerprint density at radius 2 is 2.07 bits per heavy atom. The van der Waals surface area contributed by atoms with Gasteiger partial charge in [-0.3, -0.25) is 4.79 Å². The van der Waals surface area contributed by atoms with Crippen molar-refractivity contribution in [3.05, 3.63) is 58.9 Å². The summed E-state index contributed by atoms with van der Waals surface area (Å²) in [4.78, 5) is 21.2. The largest absolute Gasteiger partial charge is 0.474 e. The second-order valence-corrected chi connectivity index (χ2v) is 12.3. The van der Waals surface area contributed by atoms with Crippen LogP contribution in [0, 0.1) is 31.0 Å². The molecule has 228 valence electrons. The van der Waals surface area contributed by atoms with Crippen LogP contribution >= 0.6 is 11.6 Å². The second-order valence-electron chi connectivity index (χ2n) is 11.9. The number of carbonyl (C=O) groups is 1. The molecule has 2 aliphatic heterocycles. The van der Waals surface area contributed by atoms with Crippen molar-refractivity contribution in [2.75, 3.05) is 26.7 Å². The van der Waals surface area contributed by atoms with E-state index in [2.05, 4.69) is 34.9 Å². The van der Waals surface area contributed by atoms with E-state index in [1.165, 1.54) is 6.08 Å². The number of carbonyl (C=O) groups excluding carboxylic acids is 1. The fourth-order valence-corrected chi connectivity index (χ4v) is 6.96. The van der Waals surface area contributed by atoms with Crippen LogP contribution in [0.4, 0.5) is 4.39 Å². The van der Waals surface area contributed by atoms with Crippen molar-refractivity contribution in [3.8, 4) is 23.1 Å². The van der Waals surface area contributed by atoms with Crippen molar-refractivity contribution < 1.29 is 13.9 Å². The van der Waals surface area contributed by atoms with E-state index in [1.54, 1.807) is 11.0 Å². The van der Waals surface area contributed by atoms with Crippen LogP contribution in [0.1, 0.15) is 49.3 Å². The van der Waals surface area contributed by atoms with E-state index in [0.717, 1.165) is 30.5 Å². The molecule has 1 amide bonds. The molecule has 4 heterocycles. The number of ether oxygens (including phenoxy) is 1. The number of likely N-dealkylation sites (tertiary alicyclic amines) is 2. The summed E-state index contributed by atoms with van der Waals surface area (Å²) in [5, 5.41) is 19.7. The molecule has 0 N–H and O–H groups in total. The first kappa shape index (κ1) is 30.0. The quantitative estimate of drug-likeness (QED) is 0.230. The van der Waals surface area contributed by atoms with Crippen molar-refractivity contribution in [1.82, 2.24) is 29.8 Å². The zero-order valence-electron chi connectivity index (χ0n) is 25.2. The molecule has 2 aromatic carbocycles. The van der Waals surface area contributed by atoms with Crippen LogP contribution in [-0.2, 0) is 4.79 Å². The number of fused-ring (bicyclic) bond motifs is 3. The van der Waals surface area contributed by atoms with E-state index in [4.69, 9.17) is 21.3 Å². The highest BCUT2D eigenvalue weighted by molar-refractivity contribution is 6.31. The van der Waals surface area contributed by atoms with Gasteiger partial charge in [-0.1, -0.05) is 35.5 Å². The van der Waals surface area contributed by atoms with Crippen molar-refractivity contribution >= 4 is 39.4 Å². The Morgan fingerprint density at radius 3 is 2.80 bits per heavy atom. The van der Waals surface area contributed by atoms with Gasteiger partial charge in [0.15, 0.2) is 11.3 Å². The second kappa shape index (κ2) is 12.1. The fraction of sp³-hybridized carbons (Fsp3) is 0.424. The number of hydrogen-bond donors (Lipinski definition) is 0. The minimum absolute atomic E-state index is 0.170. The van der Waals surface area contributed by atoms with E-state index in [9.17, 15) is 10.1 Å². The zero-order valence-corrected chi connectivity index (χ0v) is 25.9. The molecule has 0 bridgehead atoms. The van der Waals surface area contributed by atoms with E-state index >= 15 is 4.39 Å². The van der Waals surface area contributed by atoms with Gasteiger partial charge in [-0.05, 0) is 88.0 Å². The third-order valence-electron chi connectivity index (χ3n) is 9.24. The van der Waals surface area contributed by atoms with Crippen molar-refractivity contribution in [1.29, 1.82) is 5.26 Å². The van der Waals surface area contributed by atoms with Crippen LogP contribution in [0.3, 0.4) is 0 Å². The number of likely N-dealkylation sites (N-methyl/N-ethyl adjacent to an activating group) is 1. The molecule has 3 atom stereocenters. The van der Waals surface area contributed by atoms with Crippen molar-refractivity contribution in [2.24, 2.45) is 0 Å². The molecule has 2 aliphatic rings. The Morgan fingerprint density at radius 1 is 1.25 bits per heavy atom.